The highest BCUT2D eigenvalue weighted by Gasteiger charge is 2.65. The maximum Gasteiger partial charge on any atom is 0.397 e. The van der Waals surface area contributed by atoms with E-state index in [-0.39, 0.29) is 0 Å². The van der Waals surface area contributed by atoms with Gasteiger partial charge in [0.05, 0.1) is 78.2 Å². The first-order chi connectivity index (χ1) is 64.0. The lowest BCUT2D eigenvalue weighted by Crippen LogP contribution is -2.71. The molecule has 10 aliphatic heterocycles. The van der Waals surface area contributed by atoms with Gasteiger partial charge in [-0.2, -0.15) is 8.42 Å². The van der Waals surface area contributed by atoms with E-state index in [1.807, 2.05) is 0 Å². The van der Waals surface area contributed by atoms with Crippen LogP contribution in [-0.4, -0.2) is 570 Å². The molecular weight excluding hydrogens is 1890 g/mol. The minimum absolute atomic E-state index is 0.829. The van der Waals surface area contributed by atoms with Crippen molar-refractivity contribution in [1.82, 2.24) is 26.6 Å². The van der Waals surface area contributed by atoms with Crippen molar-refractivity contribution in [2.75, 3.05) is 66.1 Å². The molecule has 136 heavy (non-hydrogen) atoms. The number of nitrogens with one attached hydrogen (secondary N) is 5. The summed E-state index contributed by atoms with van der Waals surface area (Å²) in [5.74, 6) is -10.4. The molecule has 34 N–H and O–H groups in total. The number of hydrogen-bond acceptors (Lipinski definition) is 55. The molecule has 0 aromatic heterocycles. The molecule has 5 amide bonds. The molecule has 10 fully saturated rings. The SMILES string of the molecule is CC(=O)N[C@@H]1[C@@H](O)[C@H](O[C@@H]2O[C@H](CO)[C@@H](O[C@@H]3O[C@H](CO[C@H]4O[C@H](CO)[C@@H](O)[C@H](O)[C@@H]4O[C@@H]4O[C@H](CO)[C@@H](O[C@@H]5O[C@H](CO)[C@H](O)[C@H](O[C@]6(C(=O)O)C[C@H](O)[C@@H](NC(C)=O)[C@H]([C@H](O)[C@H](O)CO)O6)[C@H]5O)[C@H](O)[C@H]4NC(C)=O)[C@@H](O)[C@H](O[C@H]4O[C@H](CO)[C@@H](O)[C@H](O)[C@@H]4O[C@@H]4O[C@H](CO)[C@@H](O[C@@H]5O[C@H](CO)[C@H](O)[C@H](OS(=O)(=O)O)[C@H]5O)[C@H](O)[C@H]4NC(C)=O)[C@@H]3O)[C@H](O)[C@H]2NC(C)=O)[C@@H](CO)O[C@H]1O. The third-order valence-electron chi connectivity index (χ3n) is 24.1. The van der Waals surface area contributed by atoms with Gasteiger partial charge in [0, 0.05) is 41.0 Å². The van der Waals surface area contributed by atoms with Crippen LogP contribution in [0, 0.1) is 0 Å². The number of aliphatic hydroxyl groups is 27. The number of hydrogen-bond donors (Lipinski definition) is 34. The van der Waals surface area contributed by atoms with Crippen LogP contribution >= 0.6 is 0 Å². The van der Waals surface area contributed by atoms with Crippen LogP contribution in [0.25, 0.3) is 0 Å². The number of carboxylic acids is 1. The quantitative estimate of drug-likeness (QED) is 0.0255. The van der Waals surface area contributed by atoms with Crippen LogP contribution in [0.15, 0.2) is 0 Å². The second-order valence-corrected chi connectivity index (χ2v) is 34.7. The highest BCUT2D eigenvalue weighted by molar-refractivity contribution is 7.80. The minimum Gasteiger partial charge on any atom is -0.477 e. The largest absolute Gasteiger partial charge is 0.477 e. The van der Waals surface area contributed by atoms with E-state index in [9.17, 15) is 185 Å². The van der Waals surface area contributed by atoms with Crippen molar-refractivity contribution in [3.8, 4) is 0 Å². The Morgan fingerprint density at radius 3 is 1.03 bits per heavy atom. The lowest BCUT2D eigenvalue weighted by Gasteiger charge is -2.51. The molecule has 786 valence electrons. The van der Waals surface area contributed by atoms with Crippen LogP contribution in [0.1, 0.15) is 41.0 Å². The smallest absolute Gasteiger partial charge is 0.397 e. The Hall–Kier alpha value is -5.15. The lowest BCUT2D eigenvalue weighted by atomic mass is 9.88. The van der Waals surface area contributed by atoms with Crippen molar-refractivity contribution < 1.29 is 279 Å². The van der Waals surface area contributed by atoms with E-state index in [0.29, 0.717) is 0 Å². The van der Waals surface area contributed by atoms with E-state index in [4.69, 9.17) is 90.0 Å². The Balaban J connectivity index is 0.972. The molecular formula is C73H121N5O57S. The zero-order valence-electron chi connectivity index (χ0n) is 72.5. The Kier molecular flexibility index (Phi) is 40.2. The molecule has 63 heteroatoms. The van der Waals surface area contributed by atoms with Crippen molar-refractivity contribution in [3.05, 3.63) is 0 Å². The van der Waals surface area contributed by atoms with Gasteiger partial charge in [-0.25, -0.2) is 8.98 Å². The number of rotatable bonds is 38. The summed E-state index contributed by atoms with van der Waals surface area (Å²) in [7, 11) is -5.54. The van der Waals surface area contributed by atoms with Gasteiger partial charge in [-0.1, -0.05) is 0 Å². The second kappa shape index (κ2) is 48.5. The standard InChI is InChI=1S/C73H121N5O57S/c1-17(88)74-33-22(93)6-73(72(111)112,133-57(33)38(95)23(94)7-79)134-59-41(98)26(10-82)118-68(51(59)108)128-55-30(14-86)123-65(36(46(55)103)77-20(4)91)131-61-48(105)39(96)24(8-80)120-70(61)116-16-32-43(100)58(50(107)67(125-32)127-54-29(13-85)122-64(35(45(54)102)76-19(3)90)126-53-28(12-84)117-63(110)34(44(53)101)75-18(2)89)130-71-62(49(106)40(97)25(9-81)121-71)132-66-37(78-21(5)92)47(104)56(31(15-87)124-66)129-69-52(109)60(135-136(113,114)115)42(99)27(11-83)119-69/h22-71,79-87,93-110H,6-16H2,1-5H3,(H,74,88)(H,75,89)(H,76,90)(H,77,91)(H,78,92)(H,111,112)(H,113,114,115)/t22-,23+,24+,25+,26+,27+,28+,29+,30+,31+,32+,33+,34+,35+,36+,37+,38+,39+,40+,41-,42-,43+,44+,45+,46+,47+,48-,49-,50-,51+,52+,53+,54+,55+,56+,57+,58-,59-,60-,61-,62-,63+,64-,65-,66-,67-,68-,69-,70-,71+,73-/m0/s1. The average Bonchev–Trinajstić information content (AvgIpc) is 0.744. The summed E-state index contributed by atoms with van der Waals surface area (Å²) >= 11 is 0. The summed E-state index contributed by atoms with van der Waals surface area (Å²) in [6, 6.07) is -9.72. The molecule has 0 saturated carbocycles. The fourth-order valence-corrected chi connectivity index (χ4v) is 17.8. The molecule has 0 aromatic carbocycles. The van der Waals surface area contributed by atoms with Crippen LogP contribution < -0.4 is 26.6 Å². The van der Waals surface area contributed by atoms with Gasteiger partial charge in [0.15, 0.2) is 56.6 Å². The van der Waals surface area contributed by atoms with Crippen LogP contribution in [0.5, 0.6) is 0 Å². The van der Waals surface area contributed by atoms with Crippen LogP contribution in [0.2, 0.25) is 0 Å². The molecule has 10 rings (SSSR count). The molecule has 62 nitrogen and oxygen atoms in total. The fourth-order valence-electron chi connectivity index (χ4n) is 17.3. The first kappa shape index (κ1) is 113. The van der Waals surface area contributed by atoms with Gasteiger partial charge in [0.25, 0.3) is 5.79 Å². The molecule has 0 radical (unpaired) electrons. The summed E-state index contributed by atoms with van der Waals surface area (Å²) in [5.41, 5.74) is 0. The number of carboxylic acid groups (broad SMARTS) is 1. The molecule has 0 aromatic rings. The van der Waals surface area contributed by atoms with Gasteiger partial charge < -0.3 is 260 Å². The topological polar surface area (TPSA) is 968 Å². The molecule has 0 bridgehead atoms. The number of aliphatic hydroxyl groups excluding tert-OH is 27. The first-order valence-corrected chi connectivity index (χ1v) is 43.8. The highest BCUT2D eigenvalue weighted by atomic mass is 32.3. The van der Waals surface area contributed by atoms with Crippen molar-refractivity contribution in [2.24, 2.45) is 0 Å². The fraction of sp³-hybridized carbons (Fsp3) is 0.918. The van der Waals surface area contributed by atoms with Gasteiger partial charge in [-0.15, -0.1) is 0 Å². The molecule has 51 atom stereocenters. The van der Waals surface area contributed by atoms with E-state index in [2.05, 4.69) is 30.8 Å². The van der Waals surface area contributed by atoms with E-state index in [1.165, 1.54) is 0 Å². The van der Waals surface area contributed by atoms with Crippen molar-refractivity contribution in [1.29, 1.82) is 0 Å². The number of aliphatic carboxylic acids is 1. The van der Waals surface area contributed by atoms with Crippen LogP contribution in [0.4, 0.5) is 0 Å². The normalized spacial score (nSPS) is 46.3. The zero-order valence-corrected chi connectivity index (χ0v) is 73.3. The number of carbonyl (C=O) groups is 6. The Morgan fingerprint density at radius 1 is 0.338 bits per heavy atom. The van der Waals surface area contributed by atoms with Gasteiger partial charge >= 0.3 is 16.4 Å². The molecule has 0 unspecified atom stereocenters. The summed E-state index contributed by atoms with van der Waals surface area (Å²) in [6.07, 6.45) is -103. The van der Waals surface area contributed by atoms with Gasteiger partial charge in [-0.3, -0.25) is 28.5 Å². The maximum absolute atomic E-state index is 13.3. The predicted octanol–water partition coefficient (Wildman–Crippen LogP) is -23.1. The van der Waals surface area contributed by atoms with E-state index < -0.39 is 431 Å². The summed E-state index contributed by atoms with van der Waals surface area (Å²) < 4.78 is 150. The molecule has 10 saturated heterocycles. The van der Waals surface area contributed by atoms with E-state index >= 15 is 0 Å². The predicted molar refractivity (Wildman–Crippen MR) is 415 cm³/mol. The summed E-state index contributed by atoms with van der Waals surface area (Å²) in [4.78, 5) is 77.2. The van der Waals surface area contributed by atoms with Gasteiger partial charge in [-0.05, 0) is 0 Å². The summed E-state index contributed by atoms with van der Waals surface area (Å²) in [6.45, 7) is -7.86. The number of amides is 5. The average molecular weight is 2010 g/mol. The highest BCUT2D eigenvalue weighted by Crippen LogP contribution is 2.43. The van der Waals surface area contributed by atoms with E-state index in [1.54, 1.807) is 0 Å². The van der Waals surface area contributed by atoms with Gasteiger partial charge in [0.1, 0.15) is 238 Å². The van der Waals surface area contributed by atoms with E-state index in [0.717, 1.165) is 34.6 Å². The molecule has 10 aliphatic rings. The third kappa shape index (κ3) is 25.4. The minimum atomic E-state index is -5.54. The molecule has 0 spiro atoms. The first-order valence-electron chi connectivity index (χ1n) is 42.4. The lowest BCUT2D eigenvalue weighted by molar-refractivity contribution is -0.399. The monoisotopic (exact) mass is 2010 g/mol. The van der Waals surface area contributed by atoms with Crippen molar-refractivity contribution in [3.63, 3.8) is 0 Å². The summed E-state index contributed by atoms with van der Waals surface area (Å²) in [5, 5.41) is 327. The van der Waals surface area contributed by atoms with Crippen molar-refractivity contribution >= 4 is 45.9 Å². The molecule has 10 heterocycles. The number of carbonyl (C=O) groups excluding carboxylic acids is 5. The maximum atomic E-state index is 13.3. The Labute approximate surface area is 768 Å². The molecule has 0 aliphatic carbocycles. The zero-order chi connectivity index (χ0) is 101. The Bertz CT molecular complexity index is 3970. The van der Waals surface area contributed by atoms with Crippen LogP contribution in [-0.2, 0) is 133 Å². The number of ether oxygens (including phenoxy) is 19. The second-order valence-electron chi connectivity index (χ2n) is 33.6. The van der Waals surface area contributed by atoms with Crippen molar-refractivity contribution in [2.45, 2.75) is 353 Å². The van der Waals surface area contributed by atoms with Gasteiger partial charge in [0.2, 0.25) is 29.5 Å². The van der Waals surface area contributed by atoms with Crippen LogP contribution in [0.3, 0.4) is 0 Å². The Morgan fingerprint density at radius 2 is 0.640 bits per heavy atom. The third-order valence-corrected chi connectivity index (χ3v) is 24.5.